The average molecular weight is 169 g/mol. The van der Waals surface area contributed by atoms with Crippen molar-refractivity contribution in [1.82, 2.24) is 20.2 Å². The van der Waals surface area contributed by atoms with Crippen molar-refractivity contribution in [3.8, 4) is 0 Å². The van der Waals surface area contributed by atoms with E-state index in [4.69, 9.17) is 0 Å². The monoisotopic (exact) mass is 169 g/mol. The molecule has 0 saturated carbocycles. The molecule has 0 radical (unpaired) electrons. The molecule has 1 N–H and O–H groups in total. The van der Waals surface area contributed by atoms with Crippen molar-refractivity contribution in [3.05, 3.63) is 0 Å². The molecule has 0 aliphatic heterocycles. The summed E-state index contributed by atoms with van der Waals surface area (Å²) >= 11 is 0. The number of carbonyl (C=O) groups is 1. The molecule has 1 aromatic heterocycles. The molecule has 1 heterocycles. The second-order valence-electron chi connectivity index (χ2n) is 2.34. The first-order valence-corrected chi connectivity index (χ1v) is 3.84. The van der Waals surface area contributed by atoms with E-state index in [1.807, 2.05) is 0 Å². The van der Waals surface area contributed by atoms with Crippen LogP contribution in [0.2, 0.25) is 0 Å². The minimum absolute atomic E-state index is 0.401. The maximum Gasteiger partial charge on any atom is 0.249 e. The third-order valence-electron chi connectivity index (χ3n) is 1.44. The van der Waals surface area contributed by atoms with E-state index < -0.39 is 0 Å². The maximum absolute atomic E-state index is 10.1. The molecule has 0 aromatic carbocycles. The number of rotatable bonds is 5. The number of aryl methyl sites for hydroxylation is 1. The molecule has 1 amide bonds. The number of carbonyl (C=O) groups excluding carboxylic acids is 1. The van der Waals surface area contributed by atoms with Crippen molar-refractivity contribution in [3.63, 3.8) is 0 Å². The predicted molar refractivity (Wildman–Crippen MR) is 42.4 cm³/mol. The van der Waals surface area contributed by atoms with Crippen LogP contribution in [-0.4, -0.2) is 26.6 Å². The number of hydrogen-bond donors (Lipinski definition) is 1. The van der Waals surface area contributed by atoms with Crippen LogP contribution >= 0.6 is 0 Å². The van der Waals surface area contributed by atoms with Gasteiger partial charge in [0.25, 0.3) is 0 Å². The van der Waals surface area contributed by atoms with Crippen LogP contribution in [-0.2, 0) is 11.3 Å². The molecule has 1 aromatic rings. The Hall–Kier alpha value is -1.46. The van der Waals surface area contributed by atoms with Crippen LogP contribution in [0.4, 0.5) is 5.95 Å². The zero-order chi connectivity index (χ0) is 8.81. The zero-order valence-corrected chi connectivity index (χ0v) is 6.90. The number of nitrogens with one attached hydrogen (secondary N) is 1. The van der Waals surface area contributed by atoms with E-state index >= 15 is 0 Å². The van der Waals surface area contributed by atoms with Gasteiger partial charge in [0.1, 0.15) is 0 Å². The van der Waals surface area contributed by atoms with Gasteiger partial charge in [-0.2, -0.15) is 0 Å². The normalized spacial score (nSPS) is 9.75. The molecule has 6 heteroatoms. The van der Waals surface area contributed by atoms with Crippen molar-refractivity contribution in [2.45, 2.75) is 26.3 Å². The quantitative estimate of drug-likeness (QED) is 0.632. The molecule has 6 nitrogen and oxygen atoms in total. The molecule has 12 heavy (non-hydrogen) atoms. The highest BCUT2D eigenvalue weighted by Gasteiger charge is 2.02. The van der Waals surface area contributed by atoms with E-state index in [-0.39, 0.29) is 0 Å². The Kier molecular flexibility index (Phi) is 3.18. The fourth-order valence-corrected chi connectivity index (χ4v) is 0.819. The smallest absolute Gasteiger partial charge is 0.249 e. The summed E-state index contributed by atoms with van der Waals surface area (Å²) in [5.74, 6) is 0.401. The van der Waals surface area contributed by atoms with Crippen LogP contribution in [0.15, 0.2) is 0 Å². The summed E-state index contributed by atoms with van der Waals surface area (Å²) in [5.41, 5.74) is 0. The number of anilines is 1. The van der Waals surface area contributed by atoms with E-state index in [0.29, 0.717) is 12.4 Å². The number of nitrogens with zero attached hydrogens (tertiary/aromatic N) is 4. The first kappa shape index (κ1) is 8.63. The molecule has 0 atom stereocenters. The van der Waals surface area contributed by atoms with Crippen LogP contribution in [0.25, 0.3) is 0 Å². The topological polar surface area (TPSA) is 72.7 Å². The lowest BCUT2D eigenvalue weighted by molar-refractivity contribution is -0.105. The van der Waals surface area contributed by atoms with Crippen LogP contribution in [0, 0.1) is 0 Å². The van der Waals surface area contributed by atoms with Crippen LogP contribution in [0.5, 0.6) is 0 Å². The minimum atomic E-state index is 0.401. The van der Waals surface area contributed by atoms with Gasteiger partial charge in [0.2, 0.25) is 12.4 Å². The van der Waals surface area contributed by atoms with Crippen LogP contribution in [0.1, 0.15) is 19.8 Å². The molecule has 0 bridgehead atoms. The number of aromatic nitrogens is 4. The van der Waals surface area contributed by atoms with Crippen LogP contribution in [0.3, 0.4) is 0 Å². The Balaban J connectivity index is 2.57. The second-order valence-corrected chi connectivity index (χ2v) is 2.34. The highest BCUT2D eigenvalue weighted by molar-refractivity contribution is 5.66. The number of tetrazole rings is 1. The lowest BCUT2D eigenvalue weighted by Crippen LogP contribution is -2.07. The summed E-state index contributed by atoms with van der Waals surface area (Å²) in [6.07, 6.45) is 2.63. The molecular formula is C6H11N5O. The fraction of sp³-hybridized carbons (Fsp3) is 0.667. The molecule has 0 fully saturated rings. The van der Waals surface area contributed by atoms with Gasteiger partial charge in [-0.25, -0.2) is 4.68 Å². The maximum atomic E-state index is 10.1. The van der Waals surface area contributed by atoms with Gasteiger partial charge >= 0.3 is 0 Å². The first-order valence-electron chi connectivity index (χ1n) is 3.84. The summed E-state index contributed by atoms with van der Waals surface area (Å²) < 4.78 is 1.57. The molecule has 0 aliphatic carbocycles. The van der Waals surface area contributed by atoms with Gasteiger partial charge in [0, 0.05) is 6.54 Å². The number of hydrogen-bond acceptors (Lipinski definition) is 4. The molecule has 0 aliphatic rings. The molecule has 1 rings (SSSR count). The Morgan fingerprint density at radius 3 is 3.17 bits per heavy atom. The van der Waals surface area contributed by atoms with Gasteiger partial charge in [-0.3, -0.25) is 10.1 Å². The Morgan fingerprint density at radius 2 is 2.50 bits per heavy atom. The van der Waals surface area contributed by atoms with E-state index in [1.165, 1.54) is 0 Å². The van der Waals surface area contributed by atoms with Crippen molar-refractivity contribution in [2.24, 2.45) is 0 Å². The molecule has 0 saturated heterocycles. The Labute approximate surface area is 70.0 Å². The number of unbranched alkanes of at least 4 members (excludes halogenated alkanes) is 1. The van der Waals surface area contributed by atoms with Crippen molar-refractivity contribution in [1.29, 1.82) is 0 Å². The molecule has 66 valence electrons. The fourth-order valence-electron chi connectivity index (χ4n) is 0.819. The molecular weight excluding hydrogens is 158 g/mol. The van der Waals surface area contributed by atoms with Gasteiger partial charge in [-0.15, -0.1) is 0 Å². The van der Waals surface area contributed by atoms with Crippen molar-refractivity contribution < 1.29 is 4.79 Å². The number of amides is 1. The minimum Gasteiger partial charge on any atom is -0.296 e. The summed E-state index contributed by atoms with van der Waals surface area (Å²) in [7, 11) is 0. The van der Waals surface area contributed by atoms with Gasteiger partial charge < -0.3 is 0 Å². The van der Waals surface area contributed by atoms with E-state index in [0.717, 1.165) is 19.4 Å². The first-order chi connectivity index (χ1) is 5.88. The largest absolute Gasteiger partial charge is 0.296 e. The SMILES string of the molecule is CCCCn1nnnc1NC=O. The average Bonchev–Trinajstić information content (AvgIpc) is 2.50. The highest BCUT2D eigenvalue weighted by Crippen LogP contribution is 1.99. The van der Waals surface area contributed by atoms with E-state index in [9.17, 15) is 4.79 Å². The van der Waals surface area contributed by atoms with Gasteiger partial charge in [0.15, 0.2) is 0 Å². The zero-order valence-electron chi connectivity index (χ0n) is 6.90. The van der Waals surface area contributed by atoms with Gasteiger partial charge in [-0.1, -0.05) is 18.4 Å². The summed E-state index contributed by atoms with van der Waals surface area (Å²) in [5, 5.41) is 13.2. The van der Waals surface area contributed by atoms with Gasteiger partial charge in [0.05, 0.1) is 0 Å². The van der Waals surface area contributed by atoms with Gasteiger partial charge in [-0.05, 0) is 16.8 Å². The Bertz CT molecular complexity index is 246. The lowest BCUT2D eigenvalue weighted by atomic mass is 10.3. The second kappa shape index (κ2) is 4.42. The third kappa shape index (κ3) is 2.01. The standard InChI is InChI=1S/C6H11N5O/c1-2-3-4-11-6(7-5-12)8-9-10-11/h5H,2-4H2,1H3,(H,7,8,10,12). The summed E-state index contributed by atoms with van der Waals surface area (Å²) in [6, 6.07) is 0. The lowest BCUT2D eigenvalue weighted by Gasteiger charge is -1.99. The van der Waals surface area contributed by atoms with E-state index in [1.54, 1.807) is 4.68 Å². The predicted octanol–water partition coefficient (Wildman–Crippen LogP) is 0.0415. The highest BCUT2D eigenvalue weighted by atomic mass is 16.1. The summed E-state index contributed by atoms with van der Waals surface area (Å²) in [6.45, 7) is 2.82. The Morgan fingerprint density at radius 1 is 1.67 bits per heavy atom. The van der Waals surface area contributed by atoms with E-state index in [2.05, 4.69) is 27.8 Å². The molecule has 0 unspecified atom stereocenters. The molecule has 0 spiro atoms. The third-order valence-corrected chi connectivity index (χ3v) is 1.44. The van der Waals surface area contributed by atoms with Crippen LogP contribution < -0.4 is 5.32 Å². The van der Waals surface area contributed by atoms with Crippen molar-refractivity contribution >= 4 is 12.4 Å². The summed E-state index contributed by atoms with van der Waals surface area (Å²) in [4.78, 5) is 10.1. The van der Waals surface area contributed by atoms with Crippen molar-refractivity contribution in [2.75, 3.05) is 5.32 Å².